The van der Waals surface area contributed by atoms with Crippen LogP contribution in [0, 0.1) is 0 Å². The lowest BCUT2D eigenvalue weighted by molar-refractivity contribution is 0.419. The van der Waals surface area contributed by atoms with Gasteiger partial charge in [0.05, 0.1) is 17.4 Å². The van der Waals surface area contributed by atoms with Crippen molar-refractivity contribution >= 4 is 23.1 Å². The van der Waals surface area contributed by atoms with Crippen LogP contribution >= 0.6 is 0 Å². The summed E-state index contributed by atoms with van der Waals surface area (Å²) < 4.78 is 4.74. The minimum Gasteiger partial charge on any atom is -0.364 e. The third-order valence-corrected chi connectivity index (χ3v) is 2.38. The first-order chi connectivity index (χ1) is 7.93. The molecule has 4 nitrogen and oxygen atoms in total. The fraction of sp³-hybridized carbons (Fsp3) is 0. The van der Waals surface area contributed by atoms with Crippen LogP contribution in [0.2, 0.25) is 0 Å². The number of rotatable bonds is 2. The van der Waals surface area contributed by atoms with Crippen molar-refractivity contribution in [2.75, 3.05) is 0 Å². The summed E-state index contributed by atoms with van der Waals surface area (Å²) in [6.45, 7) is 0. The van der Waals surface area contributed by atoms with Gasteiger partial charge in [0.1, 0.15) is 6.26 Å². The van der Waals surface area contributed by atoms with E-state index in [-0.39, 0.29) is 0 Å². The quantitative estimate of drug-likeness (QED) is 0.709. The molecule has 1 aromatic carbocycles. The molecule has 0 spiro atoms. The van der Waals surface area contributed by atoms with Gasteiger partial charge in [0.25, 0.3) is 0 Å². The van der Waals surface area contributed by atoms with Gasteiger partial charge in [-0.1, -0.05) is 23.4 Å². The molecule has 0 bridgehead atoms. The Balaban J connectivity index is 2.01. The Bertz CT molecular complexity index is 623. The molecular weight excluding hydrogens is 202 g/mol. The lowest BCUT2D eigenvalue weighted by Gasteiger charge is -1.87. The zero-order valence-electron chi connectivity index (χ0n) is 8.42. The number of hydrogen-bond acceptors (Lipinski definition) is 3. The first kappa shape index (κ1) is 8.91. The second-order valence-corrected chi connectivity index (χ2v) is 3.45. The van der Waals surface area contributed by atoms with Gasteiger partial charge in [-0.05, 0) is 18.2 Å². The number of H-pyrrole nitrogens is 1. The molecule has 4 heteroatoms. The lowest BCUT2D eigenvalue weighted by atomic mass is 10.2. The molecule has 3 rings (SSSR count). The Labute approximate surface area is 91.6 Å². The normalized spacial score (nSPS) is 11.5. The average Bonchev–Trinajstić information content (AvgIpc) is 2.96. The standard InChI is InChI=1S/C12H9N3O/c1-2-4-11-10(3-1)12(15-14-11)6-5-9-7-13-16-8-9/h1-8H,(H,14,15)/b6-5+. The molecule has 78 valence electrons. The summed E-state index contributed by atoms with van der Waals surface area (Å²) in [5.41, 5.74) is 2.87. The molecule has 2 aromatic heterocycles. The summed E-state index contributed by atoms with van der Waals surface area (Å²) >= 11 is 0. The minimum absolute atomic E-state index is 0.914. The Kier molecular flexibility index (Phi) is 2.04. The summed E-state index contributed by atoms with van der Waals surface area (Å²) in [6, 6.07) is 8.01. The van der Waals surface area contributed by atoms with E-state index in [4.69, 9.17) is 4.52 Å². The highest BCUT2D eigenvalue weighted by Gasteiger charge is 2.00. The number of nitrogens with one attached hydrogen (secondary N) is 1. The van der Waals surface area contributed by atoms with Gasteiger partial charge in [0.2, 0.25) is 0 Å². The number of nitrogens with zero attached hydrogens (tertiary/aromatic N) is 2. The fourth-order valence-corrected chi connectivity index (χ4v) is 1.58. The average molecular weight is 211 g/mol. The van der Waals surface area contributed by atoms with Crippen molar-refractivity contribution in [2.45, 2.75) is 0 Å². The maximum atomic E-state index is 4.74. The number of fused-ring (bicyclic) bond motifs is 1. The highest BCUT2D eigenvalue weighted by atomic mass is 16.5. The largest absolute Gasteiger partial charge is 0.364 e. The van der Waals surface area contributed by atoms with E-state index in [1.807, 2.05) is 36.4 Å². The summed E-state index contributed by atoms with van der Waals surface area (Å²) in [6.07, 6.45) is 7.10. The number of aromatic nitrogens is 3. The molecule has 1 N–H and O–H groups in total. The van der Waals surface area contributed by atoms with E-state index in [1.54, 1.807) is 12.5 Å². The maximum Gasteiger partial charge on any atom is 0.131 e. The van der Waals surface area contributed by atoms with E-state index < -0.39 is 0 Å². The van der Waals surface area contributed by atoms with Crippen LogP contribution in [-0.4, -0.2) is 15.4 Å². The van der Waals surface area contributed by atoms with Crippen LogP contribution in [0.3, 0.4) is 0 Å². The molecule has 0 atom stereocenters. The second kappa shape index (κ2) is 3.66. The molecular formula is C12H9N3O. The number of benzene rings is 1. The molecule has 0 unspecified atom stereocenters. The summed E-state index contributed by atoms with van der Waals surface area (Å²) in [5.74, 6) is 0. The van der Waals surface area contributed by atoms with Gasteiger partial charge >= 0.3 is 0 Å². The van der Waals surface area contributed by atoms with Crippen LogP contribution in [0.4, 0.5) is 0 Å². The SMILES string of the molecule is C(=C\c1n[nH]c2ccccc12)/c1cnoc1. The molecule has 0 aliphatic rings. The molecule has 0 saturated heterocycles. The number of para-hydroxylation sites is 1. The van der Waals surface area contributed by atoms with Gasteiger partial charge in [0.15, 0.2) is 0 Å². The maximum absolute atomic E-state index is 4.74. The lowest BCUT2D eigenvalue weighted by Crippen LogP contribution is -1.71. The van der Waals surface area contributed by atoms with Crippen LogP contribution in [0.5, 0.6) is 0 Å². The molecule has 0 saturated carbocycles. The second-order valence-electron chi connectivity index (χ2n) is 3.45. The van der Waals surface area contributed by atoms with Gasteiger partial charge in [-0.2, -0.15) is 5.10 Å². The van der Waals surface area contributed by atoms with Crippen molar-refractivity contribution in [3.8, 4) is 0 Å². The van der Waals surface area contributed by atoms with Crippen molar-refractivity contribution in [2.24, 2.45) is 0 Å². The van der Waals surface area contributed by atoms with E-state index in [9.17, 15) is 0 Å². The molecule has 3 aromatic rings. The molecule has 0 fully saturated rings. The molecule has 0 amide bonds. The third kappa shape index (κ3) is 1.50. The number of hydrogen-bond donors (Lipinski definition) is 1. The van der Waals surface area contributed by atoms with E-state index in [0.717, 1.165) is 22.2 Å². The first-order valence-corrected chi connectivity index (χ1v) is 4.94. The van der Waals surface area contributed by atoms with Gasteiger partial charge < -0.3 is 4.52 Å². The van der Waals surface area contributed by atoms with Crippen molar-refractivity contribution in [3.05, 3.63) is 48.0 Å². The van der Waals surface area contributed by atoms with E-state index in [2.05, 4.69) is 15.4 Å². The highest BCUT2D eigenvalue weighted by Crippen LogP contribution is 2.17. The Morgan fingerprint density at radius 2 is 2.12 bits per heavy atom. The Morgan fingerprint density at radius 1 is 1.19 bits per heavy atom. The minimum atomic E-state index is 0.914. The van der Waals surface area contributed by atoms with Gasteiger partial charge in [-0.3, -0.25) is 5.10 Å². The van der Waals surface area contributed by atoms with Crippen LogP contribution < -0.4 is 0 Å². The molecule has 0 aliphatic heterocycles. The van der Waals surface area contributed by atoms with Crippen LogP contribution in [-0.2, 0) is 0 Å². The van der Waals surface area contributed by atoms with E-state index in [1.165, 1.54) is 0 Å². The smallest absolute Gasteiger partial charge is 0.131 e. The summed E-state index contributed by atoms with van der Waals surface area (Å²) in [7, 11) is 0. The molecule has 0 aliphatic carbocycles. The van der Waals surface area contributed by atoms with E-state index >= 15 is 0 Å². The summed E-state index contributed by atoms with van der Waals surface area (Å²) in [4.78, 5) is 0. The van der Waals surface area contributed by atoms with Crippen LogP contribution in [0.15, 0.2) is 41.2 Å². The third-order valence-electron chi connectivity index (χ3n) is 2.38. The zero-order valence-corrected chi connectivity index (χ0v) is 8.42. The summed E-state index contributed by atoms with van der Waals surface area (Å²) in [5, 5.41) is 11.9. The monoisotopic (exact) mass is 211 g/mol. The van der Waals surface area contributed by atoms with E-state index in [0.29, 0.717) is 0 Å². The predicted molar refractivity (Wildman–Crippen MR) is 61.5 cm³/mol. The van der Waals surface area contributed by atoms with Crippen molar-refractivity contribution in [3.63, 3.8) is 0 Å². The molecule has 0 radical (unpaired) electrons. The fourth-order valence-electron chi connectivity index (χ4n) is 1.58. The number of aromatic amines is 1. The van der Waals surface area contributed by atoms with Crippen LogP contribution in [0.1, 0.15) is 11.3 Å². The molecule has 2 heterocycles. The van der Waals surface area contributed by atoms with Gasteiger partial charge in [-0.15, -0.1) is 0 Å². The highest BCUT2D eigenvalue weighted by molar-refractivity contribution is 5.89. The molecule has 16 heavy (non-hydrogen) atoms. The zero-order chi connectivity index (χ0) is 10.8. The Morgan fingerprint density at radius 3 is 3.00 bits per heavy atom. The van der Waals surface area contributed by atoms with Crippen LogP contribution in [0.25, 0.3) is 23.1 Å². The van der Waals surface area contributed by atoms with Crippen molar-refractivity contribution in [1.82, 2.24) is 15.4 Å². The first-order valence-electron chi connectivity index (χ1n) is 4.94. The Hall–Kier alpha value is -2.36. The predicted octanol–water partition coefficient (Wildman–Crippen LogP) is 2.72. The van der Waals surface area contributed by atoms with Gasteiger partial charge in [0, 0.05) is 10.9 Å². The topological polar surface area (TPSA) is 54.7 Å². The van der Waals surface area contributed by atoms with Crippen molar-refractivity contribution in [1.29, 1.82) is 0 Å². The van der Waals surface area contributed by atoms with Crippen molar-refractivity contribution < 1.29 is 4.52 Å². The van der Waals surface area contributed by atoms with Gasteiger partial charge in [-0.25, -0.2) is 0 Å².